The highest BCUT2D eigenvalue weighted by atomic mass is 32.2. The van der Waals surface area contributed by atoms with Gasteiger partial charge < -0.3 is 11.1 Å². The lowest BCUT2D eigenvalue weighted by molar-refractivity contribution is 0.208. The van der Waals surface area contributed by atoms with Crippen molar-refractivity contribution in [2.24, 2.45) is 16.6 Å². The van der Waals surface area contributed by atoms with E-state index in [2.05, 4.69) is 10.3 Å². The van der Waals surface area contributed by atoms with Crippen LogP contribution in [0.1, 0.15) is 45.4 Å². The lowest BCUT2D eigenvalue weighted by Crippen LogP contribution is -2.51. The van der Waals surface area contributed by atoms with E-state index in [-0.39, 0.29) is 5.75 Å². The molecule has 2 aliphatic rings. The van der Waals surface area contributed by atoms with Crippen molar-refractivity contribution in [2.75, 3.05) is 25.4 Å². The van der Waals surface area contributed by atoms with E-state index in [1.165, 1.54) is 42.8 Å². The maximum absolute atomic E-state index is 11.6. The molecule has 122 valence electrons. The molecule has 1 aliphatic heterocycles. The number of rotatable bonds is 5. The number of nitrogens with one attached hydrogen (secondary N) is 1. The van der Waals surface area contributed by atoms with Crippen molar-refractivity contribution in [3.63, 3.8) is 0 Å². The Balaban J connectivity index is 1.70. The third-order valence-electron chi connectivity index (χ3n) is 4.41. The molecule has 0 amide bonds. The van der Waals surface area contributed by atoms with Crippen LogP contribution in [0.25, 0.3) is 0 Å². The summed E-state index contributed by atoms with van der Waals surface area (Å²) in [6.45, 7) is 3.45. The summed E-state index contributed by atoms with van der Waals surface area (Å²) < 4.78 is 24.8. The average Bonchev–Trinajstić information content (AvgIpc) is 2.65. The zero-order valence-corrected chi connectivity index (χ0v) is 13.7. The highest BCUT2D eigenvalue weighted by molar-refractivity contribution is 7.89. The first-order valence-corrected chi connectivity index (χ1v) is 9.66. The average molecular weight is 316 g/mol. The van der Waals surface area contributed by atoms with Crippen molar-refractivity contribution in [1.82, 2.24) is 9.62 Å². The van der Waals surface area contributed by atoms with Gasteiger partial charge >= 0.3 is 0 Å². The fraction of sp³-hybridized carbons (Fsp3) is 0.929. The molecule has 1 saturated heterocycles. The maximum atomic E-state index is 11.6. The van der Waals surface area contributed by atoms with Gasteiger partial charge in [0.15, 0.2) is 5.96 Å². The zero-order valence-electron chi connectivity index (χ0n) is 12.9. The van der Waals surface area contributed by atoms with E-state index >= 15 is 0 Å². The van der Waals surface area contributed by atoms with Crippen LogP contribution in [0.4, 0.5) is 0 Å². The number of aliphatic imine (C=N–C) groups is 1. The Bertz CT molecular complexity index is 450. The minimum atomic E-state index is -3.02. The quantitative estimate of drug-likeness (QED) is 0.448. The van der Waals surface area contributed by atoms with Gasteiger partial charge in [-0.05, 0) is 19.8 Å². The van der Waals surface area contributed by atoms with Crippen molar-refractivity contribution in [3.8, 4) is 0 Å². The zero-order chi connectivity index (χ0) is 15.3. The predicted molar refractivity (Wildman–Crippen MR) is 85.6 cm³/mol. The van der Waals surface area contributed by atoms with Gasteiger partial charge in [-0.1, -0.05) is 25.7 Å². The first-order chi connectivity index (χ1) is 10.0. The van der Waals surface area contributed by atoms with E-state index in [1.807, 2.05) is 0 Å². The molecule has 2 rings (SSSR count). The van der Waals surface area contributed by atoms with Gasteiger partial charge in [-0.25, -0.2) is 12.7 Å². The molecule has 0 atom stereocenters. The summed E-state index contributed by atoms with van der Waals surface area (Å²) in [6, 6.07) is 0.453. The Hall–Kier alpha value is -0.820. The molecule has 0 aromatic rings. The maximum Gasteiger partial charge on any atom is 0.213 e. The van der Waals surface area contributed by atoms with Crippen LogP contribution >= 0.6 is 0 Å². The number of sulfonamides is 1. The van der Waals surface area contributed by atoms with Crippen LogP contribution in [0.3, 0.4) is 0 Å². The van der Waals surface area contributed by atoms with E-state index < -0.39 is 10.0 Å². The van der Waals surface area contributed by atoms with Crippen molar-refractivity contribution in [2.45, 2.75) is 51.5 Å². The Morgan fingerprint density at radius 2 is 1.86 bits per heavy atom. The minimum absolute atomic E-state index is 0.175. The molecule has 0 spiro atoms. The second-order valence-corrected chi connectivity index (χ2v) is 8.40. The van der Waals surface area contributed by atoms with Gasteiger partial charge in [-0.3, -0.25) is 4.99 Å². The topological polar surface area (TPSA) is 87.8 Å². The summed E-state index contributed by atoms with van der Waals surface area (Å²) in [5.41, 5.74) is 5.94. The number of guanidine groups is 1. The minimum Gasteiger partial charge on any atom is -0.370 e. The molecule has 6 nitrogen and oxygen atoms in total. The standard InChI is InChI=1S/C14H28N4O2S/c1-2-21(19,20)18-10-12(11-18)9-16-14(15)17-13-7-5-3-4-6-8-13/h12-13H,2-11H2,1H3,(H3,15,16,17). The SMILES string of the molecule is CCS(=O)(=O)N1CC(CN=C(N)NC2CCCCCC2)C1. The largest absolute Gasteiger partial charge is 0.370 e. The Morgan fingerprint density at radius 3 is 2.43 bits per heavy atom. The highest BCUT2D eigenvalue weighted by Gasteiger charge is 2.34. The molecular formula is C14H28N4O2S. The lowest BCUT2D eigenvalue weighted by atomic mass is 10.0. The van der Waals surface area contributed by atoms with E-state index in [1.54, 1.807) is 6.92 Å². The molecule has 1 heterocycles. The predicted octanol–water partition coefficient (Wildman–Crippen LogP) is 0.895. The summed E-state index contributed by atoms with van der Waals surface area (Å²) in [7, 11) is -3.02. The van der Waals surface area contributed by atoms with E-state index in [4.69, 9.17) is 5.73 Å². The third kappa shape index (κ3) is 4.85. The molecule has 0 unspecified atom stereocenters. The lowest BCUT2D eigenvalue weighted by Gasteiger charge is -2.37. The molecule has 0 aromatic heterocycles. The molecule has 0 aromatic carbocycles. The van der Waals surface area contributed by atoms with E-state index in [0.717, 1.165) is 0 Å². The second kappa shape index (κ2) is 7.45. The van der Waals surface area contributed by atoms with Gasteiger partial charge in [0.1, 0.15) is 0 Å². The first-order valence-electron chi connectivity index (χ1n) is 8.05. The van der Waals surface area contributed by atoms with Gasteiger partial charge in [0, 0.05) is 31.6 Å². The molecule has 1 aliphatic carbocycles. The summed E-state index contributed by atoms with van der Waals surface area (Å²) in [6.07, 6.45) is 7.50. The Labute approximate surface area is 128 Å². The fourth-order valence-electron chi connectivity index (χ4n) is 2.95. The number of hydrogen-bond donors (Lipinski definition) is 2. The van der Waals surface area contributed by atoms with Crippen LogP contribution < -0.4 is 11.1 Å². The van der Waals surface area contributed by atoms with Crippen molar-refractivity contribution < 1.29 is 8.42 Å². The van der Waals surface area contributed by atoms with Crippen molar-refractivity contribution >= 4 is 16.0 Å². The molecule has 2 fully saturated rings. The van der Waals surface area contributed by atoms with Crippen LogP contribution in [0.5, 0.6) is 0 Å². The van der Waals surface area contributed by atoms with Crippen molar-refractivity contribution in [1.29, 1.82) is 0 Å². The monoisotopic (exact) mass is 316 g/mol. The summed E-state index contributed by atoms with van der Waals surface area (Å²) in [4.78, 5) is 4.38. The molecule has 7 heteroatoms. The Kier molecular flexibility index (Phi) is 5.87. The van der Waals surface area contributed by atoms with Crippen LogP contribution in [-0.2, 0) is 10.0 Å². The van der Waals surface area contributed by atoms with Crippen LogP contribution in [0, 0.1) is 5.92 Å². The third-order valence-corrected chi connectivity index (χ3v) is 6.22. The van der Waals surface area contributed by atoms with Gasteiger partial charge in [-0.15, -0.1) is 0 Å². The summed E-state index contributed by atoms with van der Waals surface area (Å²) in [5, 5.41) is 3.31. The molecular weight excluding hydrogens is 288 g/mol. The van der Waals surface area contributed by atoms with Gasteiger partial charge in [-0.2, -0.15) is 0 Å². The number of hydrogen-bond acceptors (Lipinski definition) is 3. The van der Waals surface area contributed by atoms with E-state index in [9.17, 15) is 8.42 Å². The molecule has 1 saturated carbocycles. The van der Waals surface area contributed by atoms with Crippen molar-refractivity contribution in [3.05, 3.63) is 0 Å². The highest BCUT2D eigenvalue weighted by Crippen LogP contribution is 2.20. The molecule has 3 N–H and O–H groups in total. The summed E-state index contributed by atoms with van der Waals surface area (Å²) >= 11 is 0. The summed E-state index contributed by atoms with van der Waals surface area (Å²) in [5.74, 6) is 0.994. The second-order valence-electron chi connectivity index (χ2n) is 6.14. The van der Waals surface area contributed by atoms with Gasteiger partial charge in [0.25, 0.3) is 0 Å². The van der Waals surface area contributed by atoms with Crippen LogP contribution in [-0.4, -0.2) is 50.1 Å². The molecule has 0 bridgehead atoms. The number of nitrogens with zero attached hydrogens (tertiary/aromatic N) is 2. The van der Waals surface area contributed by atoms with Gasteiger partial charge in [0.2, 0.25) is 10.0 Å². The van der Waals surface area contributed by atoms with Gasteiger partial charge in [0.05, 0.1) is 5.75 Å². The van der Waals surface area contributed by atoms with E-state index in [0.29, 0.717) is 37.6 Å². The number of nitrogens with two attached hydrogens (primary N) is 1. The normalized spacial score (nSPS) is 23.6. The molecule has 0 radical (unpaired) electrons. The molecule has 21 heavy (non-hydrogen) atoms. The Morgan fingerprint density at radius 1 is 1.24 bits per heavy atom. The smallest absolute Gasteiger partial charge is 0.213 e. The van der Waals surface area contributed by atoms with Crippen LogP contribution in [0.15, 0.2) is 4.99 Å². The first kappa shape index (κ1) is 16.5. The fourth-order valence-corrected chi connectivity index (χ4v) is 4.19. The van der Waals surface area contributed by atoms with Crippen LogP contribution in [0.2, 0.25) is 0 Å².